The minimum absolute atomic E-state index is 0.0378. The van der Waals surface area contributed by atoms with Crippen molar-refractivity contribution < 1.29 is 13.6 Å². The fraction of sp³-hybridized carbons (Fsp3) is 0.417. The molecule has 0 spiro atoms. The van der Waals surface area contributed by atoms with Crippen LogP contribution in [0.1, 0.15) is 12.8 Å². The fourth-order valence-electron chi connectivity index (χ4n) is 2.24. The van der Waals surface area contributed by atoms with Crippen molar-refractivity contribution in [2.24, 2.45) is 5.73 Å². The van der Waals surface area contributed by atoms with Gasteiger partial charge in [-0.3, -0.25) is 4.90 Å². The molecule has 1 aromatic carbocycles. The minimum atomic E-state index is -0.771. The number of carbonyl (C=O) groups excluding carboxylic acids is 1. The average Bonchev–Trinajstić information content (AvgIpc) is 2.33. The Morgan fingerprint density at radius 1 is 1.33 bits per heavy atom. The van der Waals surface area contributed by atoms with Crippen molar-refractivity contribution in [2.75, 3.05) is 18.0 Å². The molecule has 1 fully saturated rings. The molecule has 1 aliphatic heterocycles. The van der Waals surface area contributed by atoms with Crippen LogP contribution in [-0.4, -0.2) is 25.2 Å². The van der Waals surface area contributed by atoms with Crippen molar-refractivity contribution in [3.63, 3.8) is 0 Å². The summed E-state index contributed by atoms with van der Waals surface area (Å²) >= 11 is 0. The van der Waals surface area contributed by atoms with Gasteiger partial charge in [-0.25, -0.2) is 13.6 Å². The lowest BCUT2D eigenvalue weighted by molar-refractivity contribution is 0.249. The van der Waals surface area contributed by atoms with E-state index in [-0.39, 0.29) is 11.7 Å². The molecule has 98 valence electrons. The third-order valence-electron chi connectivity index (χ3n) is 3.08. The number of anilines is 1. The molecule has 6 heteroatoms. The van der Waals surface area contributed by atoms with E-state index in [1.54, 1.807) is 0 Å². The van der Waals surface area contributed by atoms with Crippen LogP contribution >= 0.6 is 0 Å². The molecule has 3 N–H and O–H groups in total. The van der Waals surface area contributed by atoms with Gasteiger partial charge in [-0.15, -0.1) is 0 Å². The first kappa shape index (κ1) is 12.8. The molecule has 0 aliphatic carbocycles. The highest BCUT2D eigenvalue weighted by molar-refractivity contribution is 5.91. The maximum Gasteiger partial charge on any atom is 0.319 e. The summed E-state index contributed by atoms with van der Waals surface area (Å²) in [6, 6.07) is 2.26. The maximum absolute atomic E-state index is 13.7. The molecule has 0 radical (unpaired) electrons. The summed E-state index contributed by atoms with van der Waals surface area (Å²) in [7, 11) is 0. The van der Waals surface area contributed by atoms with Crippen molar-refractivity contribution in [1.29, 1.82) is 0 Å². The summed E-state index contributed by atoms with van der Waals surface area (Å²) in [5.41, 5.74) is 5.35. The maximum atomic E-state index is 13.7. The lowest BCUT2D eigenvalue weighted by Gasteiger charge is -2.33. The zero-order valence-corrected chi connectivity index (χ0v) is 9.83. The number of nitrogens with zero attached hydrogens (tertiary/aromatic N) is 1. The molecule has 0 saturated carbocycles. The SMILES string of the molecule is NC(=O)N(c1ccc(F)cc1F)C1CCNCC1. The number of benzene rings is 1. The lowest BCUT2D eigenvalue weighted by Crippen LogP contribution is -2.49. The van der Waals surface area contributed by atoms with E-state index >= 15 is 0 Å². The Labute approximate surface area is 104 Å². The Bertz CT molecular complexity index is 447. The van der Waals surface area contributed by atoms with Crippen molar-refractivity contribution in [3.8, 4) is 0 Å². The Kier molecular flexibility index (Phi) is 3.76. The van der Waals surface area contributed by atoms with Gasteiger partial charge in [0.1, 0.15) is 11.6 Å². The number of carbonyl (C=O) groups is 1. The molecule has 1 heterocycles. The third-order valence-corrected chi connectivity index (χ3v) is 3.08. The van der Waals surface area contributed by atoms with Crippen LogP contribution in [0.15, 0.2) is 18.2 Å². The van der Waals surface area contributed by atoms with Gasteiger partial charge in [-0.1, -0.05) is 0 Å². The molecule has 0 unspecified atom stereocenters. The van der Waals surface area contributed by atoms with Crippen LogP contribution in [-0.2, 0) is 0 Å². The molecule has 2 rings (SSSR count). The van der Waals surface area contributed by atoms with E-state index in [2.05, 4.69) is 5.32 Å². The molecule has 1 saturated heterocycles. The summed E-state index contributed by atoms with van der Waals surface area (Å²) < 4.78 is 26.6. The van der Waals surface area contributed by atoms with Crippen LogP contribution in [0, 0.1) is 11.6 Å². The number of rotatable bonds is 2. The zero-order valence-electron chi connectivity index (χ0n) is 9.83. The number of nitrogens with one attached hydrogen (secondary N) is 1. The van der Waals surface area contributed by atoms with Gasteiger partial charge in [-0.2, -0.15) is 0 Å². The van der Waals surface area contributed by atoms with E-state index in [9.17, 15) is 13.6 Å². The number of primary amides is 1. The van der Waals surface area contributed by atoms with Gasteiger partial charge in [0.15, 0.2) is 0 Å². The standard InChI is InChI=1S/C12H15F2N3O/c13-8-1-2-11(10(14)7-8)17(12(15)18)9-3-5-16-6-4-9/h1-2,7,9,16H,3-6H2,(H2,15,18). The van der Waals surface area contributed by atoms with Gasteiger partial charge in [0, 0.05) is 12.1 Å². The van der Waals surface area contributed by atoms with Crippen LogP contribution in [0.4, 0.5) is 19.3 Å². The summed E-state index contributed by atoms with van der Waals surface area (Å²) in [4.78, 5) is 12.7. The summed E-state index contributed by atoms with van der Waals surface area (Å²) in [5.74, 6) is -1.45. The monoisotopic (exact) mass is 255 g/mol. The average molecular weight is 255 g/mol. The van der Waals surface area contributed by atoms with Gasteiger partial charge < -0.3 is 11.1 Å². The van der Waals surface area contributed by atoms with Gasteiger partial charge in [-0.05, 0) is 38.1 Å². The second-order valence-corrected chi connectivity index (χ2v) is 4.29. The molecule has 1 aromatic rings. The molecule has 4 nitrogen and oxygen atoms in total. The number of amides is 2. The number of piperidine rings is 1. The van der Waals surface area contributed by atoms with Crippen LogP contribution in [0.2, 0.25) is 0 Å². The lowest BCUT2D eigenvalue weighted by atomic mass is 10.0. The first-order valence-corrected chi connectivity index (χ1v) is 5.84. The third kappa shape index (κ3) is 2.59. The second kappa shape index (κ2) is 5.30. The highest BCUT2D eigenvalue weighted by atomic mass is 19.1. The van der Waals surface area contributed by atoms with Crippen molar-refractivity contribution >= 4 is 11.7 Å². The number of nitrogens with two attached hydrogens (primary N) is 1. The molecular formula is C12H15F2N3O. The molecule has 0 aromatic heterocycles. The van der Waals surface area contributed by atoms with E-state index in [0.717, 1.165) is 25.2 Å². The topological polar surface area (TPSA) is 58.4 Å². The fourth-order valence-corrected chi connectivity index (χ4v) is 2.24. The van der Waals surface area contributed by atoms with Crippen molar-refractivity contribution in [1.82, 2.24) is 5.32 Å². The zero-order chi connectivity index (χ0) is 13.1. The van der Waals surface area contributed by atoms with E-state index in [4.69, 9.17) is 5.73 Å². The number of halogens is 2. The predicted octanol–water partition coefficient (Wildman–Crippen LogP) is 1.60. The van der Waals surface area contributed by atoms with Crippen molar-refractivity contribution in [3.05, 3.63) is 29.8 Å². The second-order valence-electron chi connectivity index (χ2n) is 4.29. The van der Waals surface area contributed by atoms with E-state index in [0.29, 0.717) is 12.8 Å². The van der Waals surface area contributed by atoms with Gasteiger partial charge in [0.25, 0.3) is 0 Å². The normalized spacial score (nSPS) is 16.6. The molecule has 1 aliphatic rings. The number of hydrogen-bond acceptors (Lipinski definition) is 2. The van der Waals surface area contributed by atoms with Crippen LogP contribution in [0.3, 0.4) is 0 Å². The summed E-state index contributed by atoms with van der Waals surface area (Å²) in [5, 5.41) is 3.15. The van der Waals surface area contributed by atoms with Gasteiger partial charge in [0.05, 0.1) is 5.69 Å². The first-order valence-electron chi connectivity index (χ1n) is 5.84. The highest BCUT2D eigenvalue weighted by Crippen LogP contribution is 2.25. The Hall–Kier alpha value is -1.69. The summed E-state index contributed by atoms with van der Waals surface area (Å²) in [6.45, 7) is 1.49. The van der Waals surface area contributed by atoms with Gasteiger partial charge >= 0.3 is 6.03 Å². The van der Waals surface area contributed by atoms with E-state index < -0.39 is 17.7 Å². The minimum Gasteiger partial charge on any atom is -0.351 e. The number of urea groups is 1. The van der Waals surface area contributed by atoms with E-state index in [1.807, 2.05) is 0 Å². The van der Waals surface area contributed by atoms with Crippen molar-refractivity contribution in [2.45, 2.75) is 18.9 Å². The quantitative estimate of drug-likeness (QED) is 0.843. The Balaban J connectivity index is 2.31. The van der Waals surface area contributed by atoms with Crippen LogP contribution in [0.25, 0.3) is 0 Å². The van der Waals surface area contributed by atoms with Crippen LogP contribution in [0.5, 0.6) is 0 Å². The largest absolute Gasteiger partial charge is 0.351 e. The Morgan fingerprint density at radius 3 is 2.56 bits per heavy atom. The molecule has 0 bridgehead atoms. The van der Waals surface area contributed by atoms with Gasteiger partial charge in [0.2, 0.25) is 0 Å². The predicted molar refractivity (Wildman–Crippen MR) is 64.3 cm³/mol. The molecule has 0 atom stereocenters. The molecule has 18 heavy (non-hydrogen) atoms. The smallest absolute Gasteiger partial charge is 0.319 e. The number of hydrogen-bond donors (Lipinski definition) is 2. The summed E-state index contributed by atoms with van der Waals surface area (Å²) in [6.07, 6.45) is 1.39. The highest BCUT2D eigenvalue weighted by Gasteiger charge is 2.27. The molecule has 2 amide bonds. The first-order chi connectivity index (χ1) is 8.59. The molecular weight excluding hydrogens is 240 g/mol. The van der Waals surface area contributed by atoms with Crippen LogP contribution < -0.4 is 16.0 Å². The van der Waals surface area contributed by atoms with E-state index in [1.165, 1.54) is 11.0 Å². The Morgan fingerprint density at radius 2 is 2.00 bits per heavy atom.